The first-order valence-corrected chi connectivity index (χ1v) is 3.56. The molecular weight excluding hydrogens is 142 g/mol. The first kappa shape index (κ1) is 6.48. The zero-order valence-electron chi connectivity index (χ0n) is 5.99. The van der Waals surface area contributed by atoms with Crippen LogP contribution in [0.1, 0.15) is 24.5 Å². The number of hydrogen-bond acceptors (Lipinski definition) is 5. The highest BCUT2D eigenvalue weighted by Crippen LogP contribution is 2.38. The normalized spacial score (nSPS) is 16.5. The minimum atomic E-state index is 0.398. The molecule has 1 aliphatic rings. The van der Waals surface area contributed by atoms with Crippen LogP contribution in [0.5, 0.6) is 0 Å². The molecule has 58 valence electrons. The molecule has 0 atom stereocenters. The van der Waals surface area contributed by atoms with Gasteiger partial charge in [-0.05, 0) is 12.8 Å². The number of rotatable bonds is 2. The molecule has 0 spiro atoms. The van der Waals surface area contributed by atoms with E-state index in [2.05, 4.69) is 20.6 Å². The Bertz CT molecular complexity index is 257. The lowest BCUT2D eigenvalue weighted by Gasteiger charge is -1.98. The van der Waals surface area contributed by atoms with Gasteiger partial charge in [-0.2, -0.15) is 5.10 Å². The zero-order valence-corrected chi connectivity index (χ0v) is 5.99. The van der Waals surface area contributed by atoms with E-state index in [4.69, 9.17) is 5.84 Å². The molecule has 1 aromatic rings. The van der Waals surface area contributed by atoms with Crippen molar-refractivity contribution in [1.82, 2.24) is 15.2 Å². The molecule has 0 aromatic carbocycles. The maximum Gasteiger partial charge on any atom is 0.257 e. The highest BCUT2D eigenvalue weighted by molar-refractivity contribution is 5.23. The molecule has 0 aliphatic heterocycles. The maximum atomic E-state index is 5.12. The van der Waals surface area contributed by atoms with Gasteiger partial charge in [-0.1, -0.05) is 0 Å². The van der Waals surface area contributed by atoms with Crippen molar-refractivity contribution in [1.29, 1.82) is 0 Å². The molecule has 1 aromatic heterocycles. The second-order valence-corrected chi connectivity index (χ2v) is 2.62. The van der Waals surface area contributed by atoms with Gasteiger partial charge in [-0.3, -0.25) is 5.43 Å². The Kier molecular flexibility index (Phi) is 1.43. The standard InChI is InChI=1S/C6H9N5/c7-10-6-9-5(3-8-11-6)4-1-2-4/h3-4H,1-2,7H2,(H,9,10,11). The molecule has 0 unspecified atom stereocenters. The third-order valence-corrected chi connectivity index (χ3v) is 1.70. The molecule has 0 radical (unpaired) electrons. The summed E-state index contributed by atoms with van der Waals surface area (Å²) in [6.07, 6.45) is 4.11. The van der Waals surface area contributed by atoms with Crippen molar-refractivity contribution in [2.24, 2.45) is 5.84 Å². The third-order valence-electron chi connectivity index (χ3n) is 1.70. The summed E-state index contributed by atoms with van der Waals surface area (Å²) in [6, 6.07) is 0. The van der Waals surface area contributed by atoms with Crippen LogP contribution in [0.15, 0.2) is 6.20 Å². The van der Waals surface area contributed by atoms with Crippen molar-refractivity contribution in [3.05, 3.63) is 11.9 Å². The van der Waals surface area contributed by atoms with Crippen LogP contribution < -0.4 is 11.3 Å². The Morgan fingerprint density at radius 3 is 3.00 bits per heavy atom. The number of nitrogens with two attached hydrogens (primary N) is 1. The SMILES string of the molecule is NNc1nncc(C2CC2)n1. The smallest absolute Gasteiger partial charge is 0.257 e. The van der Waals surface area contributed by atoms with E-state index in [1.807, 2.05) is 0 Å². The van der Waals surface area contributed by atoms with E-state index >= 15 is 0 Å². The fraction of sp³-hybridized carbons (Fsp3) is 0.500. The van der Waals surface area contributed by atoms with Gasteiger partial charge in [0.05, 0.1) is 11.9 Å². The summed E-state index contributed by atoms with van der Waals surface area (Å²) in [4.78, 5) is 4.14. The zero-order chi connectivity index (χ0) is 7.68. The summed E-state index contributed by atoms with van der Waals surface area (Å²) in [5.74, 6) is 6.12. The van der Waals surface area contributed by atoms with Crippen LogP contribution in [0.3, 0.4) is 0 Å². The molecule has 1 heterocycles. The molecule has 1 fully saturated rings. The Hall–Kier alpha value is -1.23. The summed E-state index contributed by atoms with van der Waals surface area (Å²) in [5, 5.41) is 7.43. The largest absolute Gasteiger partial charge is 0.291 e. The van der Waals surface area contributed by atoms with Crippen LogP contribution in [0.4, 0.5) is 5.95 Å². The summed E-state index contributed by atoms with van der Waals surface area (Å²) >= 11 is 0. The van der Waals surface area contributed by atoms with Gasteiger partial charge >= 0.3 is 0 Å². The van der Waals surface area contributed by atoms with Gasteiger partial charge in [0.2, 0.25) is 0 Å². The lowest BCUT2D eigenvalue weighted by Crippen LogP contribution is -2.11. The van der Waals surface area contributed by atoms with E-state index in [1.165, 1.54) is 12.8 Å². The molecule has 0 saturated heterocycles. The van der Waals surface area contributed by atoms with E-state index in [-0.39, 0.29) is 0 Å². The second kappa shape index (κ2) is 2.43. The minimum absolute atomic E-state index is 0.398. The molecule has 11 heavy (non-hydrogen) atoms. The van der Waals surface area contributed by atoms with Crippen molar-refractivity contribution < 1.29 is 0 Å². The Morgan fingerprint density at radius 1 is 1.55 bits per heavy atom. The van der Waals surface area contributed by atoms with Gasteiger partial charge in [-0.25, -0.2) is 10.8 Å². The van der Waals surface area contributed by atoms with E-state index in [0.29, 0.717) is 11.9 Å². The van der Waals surface area contributed by atoms with Gasteiger partial charge in [0, 0.05) is 5.92 Å². The van der Waals surface area contributed by atoms with E-state index < -0.39 is 0 Å². The summed E-state index contributed by atoms with van der Waals surface area (Å²) in [7, 11) is 0. The number of hydrazine groups is 1. The van der Waals surface area contributed by atoms with Crippen molar-refractivity contribution in [2.45, 2.75) is 18.8 Å². The molecule has 5 heteroatoms. The molecule has 0 amide bonds. The van der Waals surface area contributed by atoms with E-state index in [0.717, 1.165) is 5.69 Å². The van der Waals surface area contributed by atoms with Crippen molar-refractivity contribution in [2.75, 3.05) is 5.43 Å². The Balaban J connectivity index is 2.26. The third kappa shape index (κ3) is 1.27. The molecule has 1 aliphatic carbocycles. The first-order chi connectivity index (χ1) is 5.40. The van der Waals surface area contributed by atoms with Gasteiger partial charge in [0.1, 0.15) is 0 Å². The van der Waals surface area contributed by atoms with E-state index in [1.54, 1.807) is 6.20 Å². The van der Waals surface area contributed by atoms with Crippen LogP contribution >= 0.6 is 0 Å². The minimum Gasteiger partial charge on any atom is -0.291 e. The number of nitrogens with zero attached hydrogens (tertiary/aromatic N) is 3. The lowest BCUT2D eigenvalue weighted by atomic mass is 10.3. The number of hydrogen-bond donors (Lipinski definition) is 2. The molecule has 3 N–H and O–H groups in total. The molecule has 0 bridgehead atoms. The highest BCUT2D eigenvalue weighted by Gasteiger charge is 2.25. The lowest BCUT2D eigenvalue weighted by molar-refractivity contribution is 0.892. The summed E-state index contributed by atoms with van der Waals surface area (Å²) in [6.45, 7) is 0. The first-order valence-electron chi connectivity index (χ1n) is 3.56. The van der Waals surface area contributed by atoms with Gasteiger partial charge < -0.3 is 0 Å². The summed E-state index contributed by atoms with van der Waals surface area (Å²) < 4.78 is 0. The average molecular weight is 151 g/mol. The molecule has 2 rings (SSSR count). The molecular formula is C6H9N5. The van der Waals surface area contributed by atoms with Crippen molar-refractivity contribution in [3.63, 3.8) is 0 Å². The van der Waals surface area contributed by atoms with Crippen LogP contribution in [-0.4, -0.2) is 15.2 Å². The highest BCUT2D eigenvalue weighted by atomic mass is 15.3. The predicted octanol–water partition coefficient (Wildman–Crippen LogP) is 0.0346. The fourth-order valence-electron chi connectivity index (χ4n) is 0.953. The number of anilines is 1. The Morgan fingerprint density at radius 2 is 2.36 bits per heavy atom. The van der Waals surface area contributed by atoms with Crippen LogP contribution in [0, 0.1) is 0 Å². The molecule has 1 saturated carbocycles. The fourth-order valence-corrected chi connectivity index (χ4v) is 0.953. The van der Waals surface area contributed by atoms with Crippen LogP contribution in [-0.2, 0) is 0 Å². The van der Waals surface area contributed by atoms with Crippen LogP contribution in [0.25, 0.3) is 0 Å². The molecule has 5 nitrogen and oxygen atoms in total. The number of nitrogen functional groups attached to an aromatic ring is 1. The van der Waals surface area contributed by atoms with Gasteiger partial charge in [0.25, 0.3) is 5.95 Å². The maximum absolute atomic E-state index is 5.12. The number of aromatic nitrogens is 3. The monoisotopic (exact) mass is 151 g/mol. The topological polar surface area (TPSA) is 76.7 Å². The second-order valence-electron chi connectivity index (χ2n) is 2.62. The van der Waals surface area contributed by atoms with E-state index in [9.17, 15) is 0 Å². The number of nitrogens with one attached hydrogen (secondary N) is 1. The Labute approximate surface area is 64.0 Å². The van der Waals surface area contributed by atoms with Crippen molar-refractivity contribution >= 4 is 5.95 Å². The summed E-state index contributed by atoms with van der Waals surface area (Å²) in [5.41, 5.74) is 3.36. The average Bonchev–Trinajstić information content (AvgIpc) is 2.87. The van der Waals surface area contributed by atoms with Gasteiger partial charge in [0.15, 0.2) is 0 Å². The van der Waals surface area contributed by atoms with Crippen molar-refractivity contribution in [3.8, 4) is 0 Å². The quantitative estimate of drug-likeness (QED) is 0.460. The predicted molar refractivity (Wildman–Crippen MR) is 39.6 cm³/mol. The van der Waals surface area contributed by atoms with Gasteiger partial charge in [-0.15, -0.1) is 5.10 Å². The van der Waals surface area contributed by atoms with Crippen LogP contribution in [0.2, 0.25) is 0 Å².